The predicted octanol–water partition coefficient (Wildman–Crippen LogP) is 3.77. The Morgan fingerprint density at radius 1 is 1.04 bits per heavy atom. The first-order valence-electron chi connectivity index (χ1n) is 8.94. The third kappa shape index (κ3) is 6.67. The van der Waals surface area contributed by atoms with Gasteiger partial charge in [0.05, 0.1) is 13.7 Å². The second-order valence-electron chi connectivity index (χ2n) is 6.52. The van der Waals surface area contributed by atoms with Crippen molar-refractivity contribution < 1.29 is 14.3 Å². The number of nitrogens with one attached hydrogen (secondary N) is 2. The second kappa shape index (κ2) is 10.3. The summed E-state index contributed by atoms with van der Waals surface area (Å²) >= 11 is 0. The highest BCUT2D eigenvalue weighted by atomic mass is 16.5. The van der Waals surface area contributed by atoms with E-state index in [1.165, 1.54) is 0 Å². The van der Waals surface area contributed by atoms with Crippen molar-refractivity contribution >= 4 is 6.03 Å². The van der Waals surface area contributed by atoms with Gasteiger partial charge in [-0.25, -0.2) is 4.79 Å². The van der Waals surface area contributed by atoms with Crippen LogP contribution in [0.2, 0.25) is 0 Å². The minimum Gasteiger partial charge on any atom is -0.497 e. The fourth-order valence-corrected chi connectivity index (χ4v) is 2.40. The first kappa shape index (κ1) is 19.6. The lowest BCUT2D eigenvalue weighted by Crippen LogP contribution is -2.36. The van der Waals surface area contributed by atoms with Gasteiger partial charge < -0.3 is 20.1 Å². The molecule has 140 valence electrons. The number of benzene rings is 2. The highest BCUT2D eigenvalue weighted by molar-refractivity contribution is 5.73. The molecule has 2 rings (SSSR count). The largest absolute Gasteiger partial charge is 0.497 e. The topological polar surface area (TPSA) is 59.6 Å². The molecular formula is C21H28N2O3. The molecule has 2 aromatic rings. The highest BCUT2D eigenvalue weighted by Crippen LogP contribution is 2.18. The van der Waals surface area contributed by atoms with Gasteiger partial charge in [0, 0.05) is 18.7 Å². The number of carbonyl (C=O) groups excluding carboxylic acids is 1. The number of carbonyl (C=O) groups is 1. The van der Waals surface area contributed by atoms with Crippen molar-refractivity contribution in [1.29, 1.82) is 0 Å². The molecule has 0 fully saturated rings. The smallest absolute Gasteiger partial charge is 0.315 e. The van der Waals surface area contributed by atoms with Crippen molar-refractivity contribution in [3.05, 3.63) is 59.7 Å². The van der Waals surface area contributed by atoms with Crippen LogP contribution in [0.4, 0.5) is 4.79 Å². The summed E-state index contributed by atoms with van der Waals surface area (Å²) in [4.78, 5) is 12.0. The average Bonchev–Trinajstić information content (AvgIpc) is 2.66. The number of ether oxygens (including phenoxy) is 2. The first-order chi connectivity index (χ1) is 12.6. The van der Waals surface area contributed by atoms with Gasteiger partial charge in [0.1, 0.15) is 11.5 Å². The number of methoxy groups -OCH3 is 1. The van der Waals surface area contributed by atoms with Crippen LogP contribution in [0, 0.1) is 5.92 Å². The summed E-state index contributed by atoms with van der Waals surface area (Å²) < 4.78 is 10.9. The number of hydrogen-bond donors (Lipinski definition) is 2. The Labute approximate surface area is 155 Å². The normalized spacial score (nSPS) is 10.5. The quantitative estimate of drug-likeness (QED) is 0.719. The van der Waals surface area contributed by atoms with Crippen LogP contribution in [-0.2, 0) is 13.0 Å². The Morgan fingerprint density at radius 3 is 2.46 bits per heavy atom. The van der Waals surface area contributed by atoms with Crippen LogP contribution in [0.15, 0.2) is 48.5 Å². The molecule has 0 aliphatic rings. The molecule has 2 amide bonds. The van der Waals surface area contributed by atoms with E-state index in [1.807, 2.05) is 48.5 Å². The minimum atomic E-state index is -0.183. The zero-order valence-corrected chi connectivity index (χ0v) is 15.7. The van der Waals surface area contributed by atoms with Gasteiger partial charge in [-0.05, 0) is 36.1 Å². The van der Waals surface area contributed by atoms with E-state index in [4.69, 9.17) is 9.47 Å². The summed E-state index contributed by atoms with van der Waals surface area (Å²) in [6.45, 7) is 5.88. The molecule has 0 unspecified atom stereocenters. The van der Waals surface area contributed by atoms with E-state index in [2.05, 4.69) is 24.5 Å². The Hall–Kier alpha value is -2.69. The van der Waals surface area contributed by atoms with Gasteiger partial charge in [-0.2, -0.15) is 0 Å². The lowest BCUT2D eigenvalue weighted by Gasteiger charge is -2.14. The van der Waals surface area contributed by atoms with E-state index in [9.17, 15) is 4.79 Å². The SMILES string of the molecule is COc1ccc(CCNC(=O)NCc2ccccc2OCC(C)C)cc1. The molecule has 0 heterocycles. The fourth-order valence-electron chi connectivity index (χ4n) is 2.40. The number of para-hydroxylation sites is 1. The van der Waals surface area contributed by atoms with Crippen molar-refractivity contribution in [1.82, 2.24) is 10.6 Å². The molecule has 2 aromatic carbocycles. The zero-order valence-electron chi connectivity index (χ0n) is 15.7. The van der Waals surface area contributed by atoms with Crippen LogP contribution in [0.25, 0.3) is 0 Å². The number of amides is 2. The standard InChI is InChI=1S/C21H28N2O3/c1-16(2)15-26-20-7-5-4-6-18(20)14-23-21(24)22-13-12-17-8-10-19(25-3)11-9-17/h4-11,16H,12-15H2,1-3H3,(H2,22,23,24). The second-order valence-corrected chi connectivity index (χ2v) is 6.52. The first-order valence-corrected chi connectivity index (χ1v) is 8.94. The maximum Gasteiger partial charge on any atom is 0.315 e. The summed E-state index contributed by atoms with van der Waals surface area (Å²) in [5, 5.41) is 5.76. The Bertz CT molecular complexity index is 684. The van der Waals surface area contributed by atoms with Crippen molar-refractivity contribution in [2.45, 2.75) is 26.8 Å². The van der Waals surface area contributed by atoms with Gasteiger partial charge >= 0.3 is 6.03 Å². The van der Waals surface area contributed by atoms with E-state index < -0.39 is 0 Å². The molecule has 0 bridgehead atoms. The van der Waals surface area contributed by atoms with Crippen LogP contribution >= 0.6 is 0 Å². The summed E-state index contributed by atoms with van der Waals surface area (Å²) in [7, 11) is 1.65. The van der Waals surface area contributed by atoms with Crippen molar-refractivity contribution in [3.8, 4) is 11.5 Å². The van der Waals surface area contributed by atoms with Crippen molar-refractivity contribution in [3.63, 3.8) is 0 Å². The molecule has 0 saturated carbocycles. The van der Waals surface area contributed by atoms with Crippen LogP contribution in [0.5, 0.6) is 11.5 Å². The predicted molar refractivity (Wildman–Crippen MR) is 104 cm³/mol. The van der Waals surface area contributed by atoms with Gasteiger partial charge in [-0.15, -0.1) is 0 Å². The summed E-state index contributed by atoms with van der Waals surface area (Å²) in [5.74, 6) is 2.11. The molecule has 0 aliphatic carbocycles. The maximum absolute atomic E-state index is 12.0. The Morgan fingerprint density at radius 2 is 1.77 bits per heavy atom. The molecule has 0 aromatic heterocycles. The third-order valence-electron chi connectivity index (χ3n) is 3.84. The minimum absolute atomic E-state index is 0.183. The Kier molecular flexibility index (Phi) is 7.80. The molecule has 0 aliphatic heterocycles. The van der Waals surface area contributed by atoms with Crippen molar-refractivity contribution in [2.24, 2.45) is 5.92 Å². The van der Waals surface area contributed by atoms with Crippen LogP contribution in [-0.4, -0.2) is 26.3 Å². The number of urea groups is 1. The van der Waals surface area contributed by atoms with Crippen LogP contribution in [0.3, 0.4) is 0 Å². The van der Waals surface area contributed by atoms with E-state index in [0.717, 1.165) is 29.0 Å². The number of hydrogen-bond acceptors (Lipinski definition) is 3. The fraction of sp³-hybridized carbons (Fsp3) is 0.381. The van der Waals surface area contributed by atoms with Gasteiger partial charge in [-0.3, -0.25) is 0 Å². The highest BCUT2D eigenvalue weighted by Gasteiger charge is 2.06. The van der Waals surface area contributed by atoms with Gasteiger partial charge in [0.2, 0.25) is 0 Å². The summed E-state index contributed by atoms with van der Waals surface area (Å²) in [6.07, 6.45) is 0.769. The molecule has 5 heteroatoms. The Balaban J connectivity index is 1.74. The molecule has 0 atom stereocenters. The molecular weight excluding hydrogens is 328 g/mol. The van der Waals surface area contributed by atoms with Gasteiger partial charge in [-0.1, -0.05) is 44.2 Å². The maximum atomic E-state index is 12.0. The van der Waals surface area contributed by atoms with E-state index in [0.29, 0.717) is 25.6 Å². The molecule has 0 saturated heterocycles. The molecule has 0 spiro atoms. The van der Waals surface area contributed by atoms with Crippen LogP contribution < -0.4 is 20.1 Å². The molecule has 26 heavy (non-hydrogen) atoms. The van der Waals surface area contributed by atoms with E-state index >= 15 is 0 Å². The third-order valence-corrected chi connectivity index (χ3v) is 3.84. The molecule has 2 N–H and O–H groups in total. The lowest BCUT2D eigenvalue weighted by atomic mass is 10.1. The van der Waals surface area contributed by atoms with Gasteiger partial charge in [0.15, 0.2) is 0 Å². The summed E-state index contributed by atoms with van der Waals surface area (Å²) in [6, 6.07) is 15.4. The number of rotatable bonds is 9. The van der Waals surface area contributed by atoms with Crippen LogP contribution in [0.1, 0.15) is 25.0 Å². The lowest BCUT2D eigenvalue weighted by molar-refractivity contribution is 0.240. The average molecular weight is 356 g/mol. The monoisotopic (exact) mass is 356 g/mol. The van der Waals surface area contributed by atoms with Crippen molar-refractivity contribution in [2.75, 3.05) is 20.3 Å². The van der Waals surface area contributed by atoms with E-state index in [1.54, 1.807) is 7.11 Å². The summed E-state index contributed by atoms with van der Waals surface area (Å²) in [5.41, 5.74) is 2.12. The van der Waals surface area contributed by atoms with Gasteiger partial charge in [0.25, 0.3) is 0 Å². The molecule has 0 radical (unpaired) electrons. The zero-order chi connectivity index (χ0) is 18.8. The van der Waals surface area contributed by atoms with E-state index in [-0.39, 0.29) is 6.03 Å². The molecule has 5 nitrogen and oxygen atoms in total.